The number of halogens is 1. The SMILES string of the molecule is Cc1nc(-c2ccc(Cl)cc2)nn1CCC(C)(C)N. The van der Waals surface area contributed by atoms with E-state index < -0.39 is 0 Å². The second kappa shape index (κ2) is 5.31. The summed E-state index contributed by atoms with van der Waals surface area (Å²) in [4.78, 5) is 4.48. The average Bonchev–Trinajstić information content (AvgIpc) is 2.68. The van der Waals surface area contributed by atoms with Crippen molar-refractivity contribution in [3.63, 3.8) is 0 Å². The standard InChI is InChI=1S/C14H19ClN4/c1-10-17-13(11-4-6-12(15)7-5-11)18-19(10)9-8-14(2,3)16/h4-7H,8-9,16H2,1-3H3. The number of benzene rings is 1. The van der Waals surface area contributed by atoms with Crippen LogP contribution in [0, 0.1) is 6.92 Å². The van der Waals surface area contributed by atoms with Crippen LogP contribution >= 0.6 is 11.6 Å². The molecule has 0 saturated heterocycles. The molecule has 0 aliphatic carbocycles. The average molecular weight is 279 g/mol. The van der Waals surface area contributed by atoms with Gasteiger partial charge in [0.25, 0.3) is 0 Å². The van der Waals surface area contributed by atoms with E-state index in [1.54, 1.807) is 0 Å². The number of nitrogens with zero attached hydrogens (tertiary/aromatic N) is 3. The van der Waals surface area contributed by atoms with Crippen molar-refractivity contribution in [1.82, 2.24) is 14.8 Å². The van der Waals surface area contributed by atoms with Gasteiger partial charge in [0.1, 0.15) is 5.82 Å². The molecular formula is C14H19ClN4. The van der Waals surface area contributed by atoms with Gasteiger partial charge in [-0.2, -0.15) is 5.10 Å². The lowest BCUT2D eigenvalue weighted by atomic mass is 10.0. The monoisotopic (exact) mass is 278 g/mol. The van der Waals surface area contributed by atoms with Crippen molar-refractivity contribution < 1.29 is 0 Å². The Morgan fingerprint density at radius 2 is 1.89 bits per heavy atom. The summed E-state index contributed by atoms with van der Waals surface area (Å²) < 4.78 is 1.90. The van der Waals surface area contributed by atoms with Crippen molar-refractivity contribution in [3.8, 4) is 11.4 Å². The first-order chi connectivity index (χ1) is 8.85. The number of rotatable bonds is 4. The molecule has 0 bridgehead atoms. The van der Waals surface area contributed by atoms with E-state index in [0.29, 0.717) is 5.02 Å². The van der Waals surface area contributed by atoms with Gasteiger partial charge in [0, 0.05) is 22.7 Å². The zero-order valence-corrected chi connectivity index (χ0v) is 12.3. The first-order valence-electron chi connectivity index (χ1n) is 6.31. The maximum atomic E-state index is 5.99. The molecule has 0 fully saturated rings. The second-order valence-corrected chi connectivity index (χ2v) is 5.89. The quantitative estimate of drug-likeness (QED) is 0.935. The fraction of sp³-hybridized carbons (Fsp3) is 0.429. The van der Waals surface area contributed by atoms with Crippen molar-refractivity contribution in [1.29, 1.82) is 0 Å². The van der Waals surface area contributed by atoms with Crippen molar-refractivity contribution >= 4 is 11.6 Å². The molecule has 0 atom stereocenters. The van der Waals surface area contributed by atoms with Crippen molar-refractivity contribution in [3.05, 3.63) is 35.1 Å². The van der Waals surface area contributed by atoms with E-state index in [-0.39, 0.29) is 5.54 Å². The van der Waals surface area contributed by atoms with E-state index in [2.05, 4.69) is 10.1 Å². The molecule has 0 unspecified atom stereocenters. The molecule has 2 rings (SSSR count). The minimum absolute atomic E-state index is 0.196. The van der Waals surface area contributed by atoms with Crippen molar-refractivity contribution in [2.24, 2.45) is 5.73 Å². The third-order valence-corrected chi connectivity index (χ3v) is 3.18. The van der Waals surface area contributed by atoms with Gasteiger partial charge < -0.3 is 5.73 Å². The zero-order chi connectivity index (χ0) is 14.0. The maximum Gasteiger partial charge on any atom is 0.181 e. The molecule has 0 aliphatic heterocycles. The Hall–Kier alpha value is -1.39. The summed E-state index contributed by atoms with van der Waals surface area (Å²) in [7, 11) is 0. The molecule has 19 heavy (non-hydrogen) atoms. The van der Waals surface area contributed by atoms with Crippen LogP contribution in [0.1, 0.15) is 26.1 Å². The van der Waals surface area contributed by atoms with Crippen LogP contribution in [0.15, 0.2) is 24.3 Å². The highest BCUT2D eigenvalue weighted by atomic mass is 35.5. The van der Waals surface area contributed by atoms with E-state index in [4.69, 9.17) is 17.3 Å². The third kappa shape index (κ3) is 3.78. The van der Waals surface area contributed by atoms with Crippen LogP contribution in [0.2, 0.25) is 5.02 Å². The van der Waals surface area contributed by atoms with Crippen molar-refractivity contribution in [2.75, 3.05) is 0 Å². The van der Waals surface area contributed by atoms with Gasteiger partial charge in [-0.3, -0.25) is 0 Å². The maximum absolute atomic E-state index is 5.99. The van der Waals surface area contributed by atoms with E-state index in [0.717, 1.165) is 30.2 Å². The van der Waals surface area contributed by atoms with Crippen LogP contribution in [0.5, 0.6) is 0 Å². The zero-order valence-electron chi connectivity index (χ0n) is 11.5. The minimum Gasteiger partial charge on any atom is -0.325 e. The molecule has 0 radical (unpaired) electrons. The van der Waals surface area contributed by atoms with Gasteiger partial charge in [-0.25, -0.2) is 9.67 Å². The third-order valence-electron chi connectivity index (χ3n) is 2.93. The molecule has 1 aromatic carbocycles. The summed E-state index contributed by atoms with van der Waals surface area (Å²) in [5, 5.41) is 5.23. The molecule has 2 N–H and O–H groups in total. The van der Waals surface area contributed by atoms with Gasteiger partial charge in [0.2, 0.25) is 0 Å². The Balaban J connectivity index is 2.19. The molecule has 4 nitrogen and oxygen atoms in total. The molecular weight excluding hydrogens is 260 g/mol. The lowest BCUT2D eigenvalue weighted by Gasteiger charge is -2.17. The topological polar surface area (TPSA) is 56.7 Å². The highest BCUT2D eigenvalue weighted by Crippen LogP contribution is 2.19. The van der Waals surface area contributed by atoms with Gasteiger partial charge >= 0.3 is 0 Å². The molecule has 0 amide bonds. The predicted molar refractivity (Wildman–Crippen MR) is 78.1 cm³/mol. The largest absolute Gasteiger partial charge is 0.325 e. The number of hydrogen-bond acceptors (Lipinski definition) is 3. The Labute approximate surface area is 118 Å². The molecule has 5 heteroatoms. The van der Waals surface area contributed by atoms with E-state index >= 15 is 0 Å². The predicted octanol–water partition coefficient (Wildman–Crippen LogP) is 3.03. The van der Waals surface area contributed by atoms with Gasteiger partial charge in [0.15, 0.2) is 5.82 Å². The molecule has 0 spiro atoms. The summed E-state index contributed by atoms with van der Waals surface area (Å²) in [5.41, 5.74) is 6.77. The number of aromatic nitrogens is 3. The Kier molecular flexibility index (Phi) is 3.92. The lowest BCUT2D eigenvalue weighted by molar-refractivity contribution is 0.416. The summed E-state index contributed by atoms with van der Waals surface area (Å²) in [5.74, 6) is 1.62. The number of aryl methyl sites for hydroxylation is 2. The van der Waals surface area contributed by atoms with Gasteiger partial charge in [-0.1, -0.05) is 11.6 Å². The van der Waals surface area contributed by atoms with Crippen LogP contribution in [0.3, 0.4) is 0 Å². The van der Waals surface area contributed by atoms with E-state index in [1.807, 2.05) is 49.7 Å². The Bertz CT molecular complexity index is 552. The molecule has 0 saturated carbocycles. The Morgan fingerprint density at radius 1 is 1.26 bits per heavy atom. The molecule has 1 aromatic heterocycles. The molecule has 0 aliphatic rings. The molecule has 2 aromatic rings. The van der Waals surface area contributed by atoms with Gasteiger partial charge in [-0.15, -0.1) is 0 Å². The van der Waals surface area contributed by atoms with Crippen LogP contribution in [-0.4, -0.2) is 20.3 Å². The Morgan fingerprint density at radius 3 is 2.47 bits per heavy atom. The van der Waals surface area contributed by atoms with Gasteiger partial charge in [-0.05, 0) is 51.5 Å². The highest BCUT2D eigenvalue weighted by Gasteiger charge is 2.13. The van der Waals surface area contributed by atoms with E-state index in [1.165, 1.54) is 0 Å². The fourth-order valence-electron chi connectivity index (χ4n) is 1.75. The summed E-state index contributed by atoms with van der Waals surface area (Å²) in [6.07, 6.45) is 0.858. The second-order valence-electron chi connectivity index (χ2n) is 5.45. The van der Waals surface area contributed by atoms with Crippen LogP contribution in [0.4, 0.5) is 0 Å². The summed E-state index contributed by atoms with van der Waals surface area (Å²) >= 11 is 5.88. The van der Waals surface area contributed by atoms with Gasteiger partial charge in [0.05, 0.1) is 0 Å². The highest BCUT2D eigenvalue weighted by molar-refractivity contribution is 6.30. The van der Waals surface area contributed by atoms with Crippen molar-refractivity contribution in [2.45, 2.75) is 39.3 Å². The summed E-state index contributed by atoms with van der Waals surface area (Å²) in [6.45, 7) is 6.75. The molecule has 102 valence electrons. The lowest BCUT2D eigenvalue weighted by Crippen LogP contribution is -2.33. The fourth-order valence-corrected chi connectivity index (χ4v) is 1.87. The first kappa shape index (κ1) is 14.0. The van der Waals surface area contributed by atoms with Crippen LogP contribution in [0.25, 0.3) is 11.4 Å². The minimum atomic E-state index is -0.196. The molecule has 1 heterocycles. The first-order valence-corrected chi connectivity index (χ1v) is 6.69. The van der Waals surface area contributed by atoms with Crippen LogP contribution < -0.4 is 5.73 Å². The number of nitrogens with two attached hydrogens (primary N) is 1. The normalized spacial score (nSPS) is 11.8. The number of hydrogen-bond donors (Lipinski definition) is 1. The summed E-state index contributed by atoms with van der Waals surface area (Å²) in [6, 6.07) is 7.54. The smallest absolute Gasteiger partial charge is 0.181 e. The van der Waals surface area contributed by atoms with Crippen LogP contribution in [-0.2, 0) is 6.54 Å². The van der Waals surface area contributed by atoms with E-state index in [9.17, 15) is 0 Å².